The first-order valence-electron chi connectivity index (χ1n) is 5.08. The van der Waals surface area contributed by atoms with Crippen molar-refractivity contribution in [1.29, 1.82) is 0 Å². The van der Waals surface area contributed by atoms with Crippen LogP contribution in [0.1, 0.15) is 6.92 Å². The highest BCUT2D eigenvalue weighted by Crippen LogP contribution is 2.27. The molecule has 0 atom stereocenters. The van der Waals surface area contributed by atoms with Crippen LogP contribution in [0.5, 0.6) is 5.75 Å². The lowest BCUT2D eigenvalue weighted by Gasteiger charge is -2.11. The van der Waals surface area contributed by atoms with E-state index in [9.17, 15) is 8.42 Å². The first-order valence-corrected chi connectivity index (χ1v) is 6.63. The van der Waals surface area contributed by atoms with Crippen molar-refractivity contribution < 1.29 is 17.9 Å². The van der Waals surface area contributed by atoms with E-state index in [4.69, 9.17) is 20.3 Å². The molecule has 0 saturated heterocycles. The minimum absolute atomic E-state index is 0.0199. The average Bonchev–Trinajstić information content (AvgIpc) is 2.25. The number of para-hydroxylation sites is 1. The van der Waals surface area contributed by atoms with Crippen LogP contribution in [0.25, 0.3) is 0 Å². The first kappa shape index (κ1) is 13.8. The van der Waals surface area contributed by atoms with Gasteiger partial charge in [-0.3, -0.25) is 0 Å². The maximum atomic E-state index is 11.2. The summed E-state index contributed by atoms with van der Waals surface area (Å²) in [7, 11) is -3.83. The Morgan fingerprint density at radius 3 is 2.59 bits per heavy atom. The molecule has 0 aliphatic heterocycles. The second-order valence-electron chi connectivity index (χ2n) is 3.26. The van der Waals surface area contributed by atoms with E-state index in [1.807, 2.05) is 6.92 Å². The zero-order chi connectivity index (χ0) is 12.9. The molecule has 6 nitrogen and oxygen atoms in total. The third-order valence-corrected chi connectivity index (χ3v) is 2.99. The zero-order valence-corrected chi connectivity index (χ0v) is 10.4. The number of ether oxygens (including phenoxy) is 2. The number of hydrogen-bond donors (Lipinski definition) is 2. The minimum atomic E-state index is -3.83. The van der Waals surface area contributed by atoms with Gasteiger partial charge >= 0.3 is 0 Å². The fourth-order valence-corrected chi connectivity index (χ4v) is 1.93. The van der Waals surface area contributed by atoms with Gasteiger partial charge in [-0.2, -0.15) is 0 Å². The predicted molar refractivity (Wildman–Crippen MR) is 64.2 cm³/mol. The Kier molecular flexibility index (Phi) is 4.73. The van der Waals surface area contributed by atoms with E-state index < -0.39 is 10.0 Å². The molecular weight excluding hydrogens is 244 g/mol. The number of nitrogens with two attached hydrogens (primary N) is 2. The fraction of sp³-hybridized carbons (Fsp3) is 0.400. The molecule has 96 valence electrons. The molecule has 0 fully saturated rings. The van der Waals surface area contributed by atoms with Crippen molar-refractivity contribution in [2.24, 2.45) is 5.14 Å². The molecule has 1 rings (SSSR count). The van der Waals surface area contributed by atoms with Gasteiger partial charge in [-0.25, -0.2) is 13.6 Å². The van der Waals surface area contributed by atoms with Gasteiger partial charge in [0.25, 0.3) is 0 Å². The molecule has 0 amide bonds. The quantitative estimate of drug-likeness (QED) is 0.566. The van der Waals surface area contributed by atoms with Crippen LogP contribution in [0.15, 0.2) is 23.1 Å². The van der Waals surface area contributed by atoms with E-state index in [1.54, 1.807) is 6.07 Å². The Bertz CT molecular complexity index is 473. The van der Waals surface area contributed by atoms with Crippen molar-refractivity contribution in [3.8, 4) is 5.75 Å². The van der Waals surface area contributed by atoms with Crippen molar-refractivity contribution in [2.45, 2.75) is 11.8 Å². The third-order valence-electron chi connectivity index (χ3n) is 2.02. The summed E-state index contributed by atoms with van der Waals surface area (Å²) in [5.41, 5.74) is 5.68. The van der Waals surface area contributed by atoms with Crippen molar-refractivity contribution in [3.05, 3.63) is 18.2 Å². The van der Waals surface area contributed by atoms with Gasteiger partial charge in [-0.15, -0.1) is 0 Å². The van der Waals surface area contributed by atoms with Crippen LogP contribution < -0.4 is 15.6 Å². The number of sulfonamides is 1. The summed E-state index contributed by atoms with van der Waals surface area (Å²) in [5.74, 6) is 0.288. The third kappa shape index (κ3) is 3.88. The van der Waals surface area contributed by atoms with Gasteiger partial charge in [0.2, 0.25) is 10.0 Å². The molecule has 7 heteroatoms. The molecule has 0 aromatic heterocycles. The van der Waals surface area contributed by atoms with E-state index in [1.165, 1.54) is 12.1 Å². The molecule has 0 spiro atoms. The van der Waals surface area contributed by atoms with Gasteiger partial charge in [0.15, 0.2) is 0 Å². The Labute approximate surface area is 101 Å². The number of primary sulfonamides is 1. The highest BCUT2D eigenvalue weighted by Gasteiger charge is 2.15. The lowest BCUT2D eigenvalue weighted by atomic mass is 10.3. The average molecular weight is 260 g/mol. The van der Waals surface area contributed by atoms with Crippen LogP contribution in [0.4, 0.5) is 5.69 Å². The Hall–Kier alpha value is -1.31. The highest BCUT2D eigenvalue weighted by atomic mass is 32.2. The van der Waals surface area contributed by atoms with Crippen LogP contribution in [0.3, 0.4) is 0 Å². The Morgan fingerprint density at radius 2 is 2.00 bits per heavy atom. The zero-order valence-electron chi connectivity index (χ0n) is 9.55. The number of benzene rings is 1. The molecule has 0 radical (unpaired) electrons. The minimum Gasteiger partial charge on any atom is -0.489 e. The maximum Gasteiger partial charge on any atom is 0.240 e. The van der Waals surface area contributed by atoms with Gasteiger partial charge in [-0.1, -0.05) is 6.07 Å². The molecule has 0 aliphatic carbocycles. The van der Waals surface area contributed by atoms with Gasteiger partial charge in [-0.05, 0) is 19.1 Å². The van der Waals surface area contributed by atoms with Crippen molar-refractivity contribution >= 4 is 15.7 Å². The molecule has 0 heterocycles. The monoisotopic (exact) mass is 260 g/mol. The number of rotatable bonds is 6. The van der Waals surface area contributed by atoms with Crippen LogP contribution in [-0.2, 0) is 14.8 Å². The summed E-state index contributed by atoms with van der Waals surface area (Å²) in [5, 5.41) is 5.01. The van der Waals surface area contributed by atoms with E-state index in [0.717, 1.165) is 0 Å². The first-order chi connectivity index (χ1) is 7.96. The summed E-state index contributed by atoms with van der Waals surface area (Å²) in [4.78, 5) is -0.133. The number of hydrogen-bond acceptors (Lipinski definition) is 5. The fourth-order valence-electron chi connectivity index (χ4n) is 1.25. The van der Waals surface area contributed by atoms with E-state index >= 15 is 0 Å². The number of nitrogen functional groups attached to an aromatic ring is 1. The summed E-state index contributed by atoms with van der Waals surface area (Å²) in [6.07, 6.45) is 0. The second-order valence-corrected chi connectivity index (χ2v) is 4.79. The van der Waals surface area contributed by atoms with Crippen LogP contribution >= 0.6 is 0 Å². The normalized spacial score (nSPS) is 11.4. The smallest absolute Gasteiger partial charge is 0.240 e. The second kappa shape index (κ2) is 5.85. The summed E-state index contributed by atoms with van der Waals surface area (Å²) in [6.45, 7) is 3.17. The van der Waals surface area contributed by atoms with Crippen molar-refractivity contribution in [2.75, 3.05) is 25.6 Å². The molecule has 1 aromatic rings. The maximum absolute atomic E-state index is 11.2. The van der Waals surface area contributed by atoms with Gasteiger partial charge < -0.3 is 15.2 Å². The van der Waals surface area contributed by atoms with Crippen LogP contribution in [0.2, 0.25) is 0 Å². The largest absolute Gasteiger partial charge is 0.489 e. The molecular formula is C10H16N2O4S. The van der Waals surface area contributed by atoms with Gasteiger partial charge in [0.05, 0.1) is 12.3 Å². The Morgan fingerprint density at radius 1 is 1.29 bits per heavy atom. The van der Waals surface area contributed by atoms with Crippen molar-refractivity contribution in [3.63, 3.8) is 0 Å². The van der Waals surface area contributed by atoms with Crippen LogP contribution in [0, 0.1) is 0 Å². The van der Waals surface area contributed by atoms with E-state index in [-0.39, 0.29) is 16.3 Å². The molecule has 0 saturated carbocycles. The lowest BCUT2D eigenvalue weighted by Crippen LogP contribution is -2.15. The topological polar surface area (TPSA) is 105 Å². The summed E-state index contributed by atoms with van der Waals surface area (Å²) >= 11 is 0. The predicted octanol–water partition coefficient (Wildman–Crippen LogP) is 0.332. The van der Waals surface area contributed by atoms with Crippen molar-refractivity contribution in [1.82, 2.24) is 0 Å². The molecule has 0 unspecified atom stereocenters. The summed E-state index contributed by atoms with van der Waals surface area (Å²) in [6, 6.07) is 4.43. The summed E-state index contributed by atoms with van der Waals surface area (Å²) < 4.78 is 32.8. The molecule has 0 bridgehead atoms. The Balaban J connectivity index is 2.81. The molecule has 17 heavy (non-hydrogen) atoms. The lowest BCUT2D eigenvalue weighted by molar-refractivity contribution is 0.110. The van der Waals surface area contributed by atoms with Gasteiger partial charge in [0, 0.05) is 6.61 Å². The molecule has 0 aliphatic rings. The number of anilines is 1. The van der Waals surface area contributed by atoms with Gasteiger partial charge in [0.1, 0.15) is 17.3 Å². The molecule has 1 aromatic carbocycles. The van der Waals surface area contributed by atoms with Crippen LogP contribution in [-0.4, -0.2) is 28.2 Å². The standard InChI is InChI=1S/C10H16N2O4S/c1-2-15-6-7-16-8-4-3-5-9(10(8)11)17(12,13)14/h3-5H,2,6-7,11H2,1H3,(H2,12,13,14). The molecule has 4 N–H and O–H groups in total. The highest BCUT2D eigenvalue weighted by molar-refractivity contribution is 7.89. The van der Waals surface area contributed by atoms with E-state index in [0.29, 0.717) is 19.8 Å². The van der Waals surface area contributed by atoms with E-state index in [2.05, 4.69) is 0 Å². The SMILES string of the molecule is CCOCCOc1cccc(S(N)(=O)=O)c1N.